The molecule has 0 aromatic rings. The molecule has 0 aliphatic carbocycles. The Morgan fingerprint density at radius 2 is 0.840 bits per heavy atom. The van der Waals surface area contributed by atoms with E-state index in [1.807, 2.05) is 0 Å². The molecule has 0 amide bonds. The first kappa shape index (κ1) is 48.9. The highest BCUT2D eigenvalue weighted by atomic mass is 16.6. The zero-order chi connectivity index (χ0) is 36.3. The molecule has 296 valence electrons. The lowest BCUT2D eigenvalue weighted by Crippen LogP contribution is -2.27. The van der Waals surface area contributed by atoms with Crippen molar-refractivity contribution in [2.45, 2.75) is 245 Å². The average molecular weight is 705 g/mol. The van der Waals surface area contributed by atoms with Gasteiger partial charge in [-0.2, -0.15) is 0 Å². The molecule has 0 aliphatic heterocycles. The predicted molar refractivity (Wildman–Crippen MR) is 219 cm³/mol. The topological polar surface area (TPSA) is 55.8 Å². The van der Waals surface area contributed by atoms with Gasteiger partial charge in [0.1, 0.15) is 6.10 Å². The summed E-state index contributed by atoms with van der Waals surface area (Å²) < 4.78 is 11.2. The third-order valence-corrected chi connectivity index (χ3v) is 10.0. The summed E-state index contributed by atoms with van der Waals surface area (Å²) in [4.78, 5) is 12.2. The summed E-state index contributed by atoms with van der Waals surface area (Å²) in [5.41, 5.74) is 0. The van der Waals surface area contributed by atoms with Crippen LogP contribution in [0.25, 0.3) is 0 Å². The Balaban J connectivity index is 3.38. The molecule has 0 saturated heterocycles. The van der Waals surface area contributed by atoms with Gasteiger partial charge in [0, 0.05) is 13.0 Å². The minimum atomic E-state index is -0.529. The Morgan fingerprint density at radius 3 is 1.24 bits per heavy atom. The molecule has 1 N–H and O–H groups in total. The average Bonchev–Trinajstić information content (AvgIpc) is 3.12. The third-order valence-electron chi connectivity index (χ3n) is 10.0. The normalized spacial score (nSPS) is 12.5. The van der Waals surface area contributed by atoms with Crippen molar-refractivity contribution in [3.63, 3.8) is 0 Å². The Labute approximate surface area is 313 Å². The lowest BCUT2D eigenvalue weighted by Gasteiger charge is -2.16. The van der Waals surface area contributed by atoms with Gasteiger partial charge < -0.3 is 14.6 Å². The Morgan fingerprint density at radius 1 is 0.480 bits per heavy atom. The van der Waals surface area contributed by atoms with Gasteiger partial charge >= 0.3 is 5.97 Å². The maximum atomic E-state index is 12.2. The fraction of sp³-hybridized carbons (Fsp3) is 0.891. The number of hydrogen-bond donors (Lipinski definition) is 1. The highest BCUT2D eigenvalue weighted by molar-refractivity contribution is 5.69. The second-order valence-electron chi connectivity index (χ2n) is 15.1. The fourth-order valence-electron chi connectivity index (χ4n) is 6.65. The first-order chi connectivity index (χ1) is 24.7. The van der Waals surface area contributed by atoms with Crippen LogP contribution in [-0.4, -0.2) is 37.0 Å². The summed E-state index contributed by atoms with van der Waals surface area (Å²) in [5, 5.41) is 9.59. The van der Waals surface area contributed by atoms with Crippen LogP contribution in [0, 0.1) is 0 Å². The summed E-state index contributed by atoms with van der Waals surface area (Å²) in [5.74, 6) is -0.198. The molecule has 0 aromatic carbocycles. The summed E-state index contributed by atoms with van der Waals surface area (Å²) in [7, 11) is 0. The Hall–Kier alpha value is -1.13. The molecule has 50 heavy (non-hydrogen) atoms. The molecule has 0 spiro atoms. The van der Waals surface area contributed by atoms with E-state index >= 15 is 0 Å². The number of unbranched alkanes of at least 4 members (excludes halogenated alkanes) is 30. The SMILES string of the molecule is CCCCCCC/C=C\C/C=C\CCCCCCCCCCCCCCCC(=O)OC(CO)COCCCCCCCCCCCCCCC. The first-order valence-electron chi connectivity index (χ1n) is 22.4. The van der Waals surface area contributed by atoms with E-state index in [0.717, 1.165) is 25.7 Å². The van der Waals surface area contributed by atoms with Gasteiger partial charge in [0.25, 0.3) is 0 Å². The summed E-state index contributed by atoms with van der Waals surface area (Å²) >= 11 is 0. The van der Waals surface area contributed by atoms with Crippen molar-refractivity contribution in [1.82, 2.24) is 0 Å². The Kier molecular flexibility index (Phi) is 43.0. The van der Waals surface area contributed by atoms with E-state index in [1.165, 1.54) is 193 Å². The summed E-state index contributed by atoms with van der Waals surface area (Å²) in [6.45, 7) is 5.37. The number of esters is 1. The van der Waals surface area contributed by atoms with Crippen LogP contribution in [0.15, 0.2) is 24.3 Å². The van der Waals surface area contributed by atoms with Crippen molar-refractivity contribution >= 4 is 5.97 Å². The van der Waals surface area contributed by atoms with Crippen molar-refractivity contribution in [2.24, 2.45) is 0 Å². The second-order valence-corrected chi connectivity index (χ2v) is 15.1. The number of hydrogen-bond acceptors (Lipinski definition) is 4. The van der Waals surface area contributed by atoms with Gasteiger partial charge in [-0.1, -0.05) is 212 Å². The van der Waals surface area contributed by atoms with Crippen molar-refractivity contribution in [1.29, 1.82) is 0 Å². The lowest BCUT2D eigenvalue weighted by molar-refractivity contribution is -0.154. The molecule has 4 heteroatoms. The van der Waals surface area contributed by atoms with E-state index < -0.39 is 6.10 Å². The Bertz CT molecular complexity index is 702. The molecule has 0 aromatic heterocycles. The minimum Gasteiger partial charge on any atom is -0.457 e. The van der Waals surface area contributed by atoms with Crippen LogP contribution in [0.3, 0.4) is 0 Å². The van der Waals surface area contributed by atoms with Crippen LogP contribution in [0.1, 0.15) is 239 Å². The maximum absolute atomic E-state index is 12.2. The molecule has 0 bridgehead atoms. The molecular formula is C46H88O4. The van der Waals surface area contributed by atoms with Crippen molar-refractivity contribution in [2.75, 3.05) is 19.8 Å². The first-order valence-corrected chi connectivity index (χ1v) is 22.4. The summed E-state index contributed by atoms with van der Waals surface area (Å²) in [6, 6.07) is 0. The predicted octanol–water partition coefficient (Wildman–Crippen LogP) is 14.7. The van der Waals surface area contributed by atoms with Crippen LogP contribution in [-0.2, 0) is 14.3 Å². The summed E-state index contributed by atoms with van der Waals surface area (Å²) in [6.07, 6.45) is 53.9. The molecule has 1 atom stereocenters. The number of rotatable bonds is 42. The van der Waals surface area contributed by atoms with Gasteiger partial charge in [0.2, 0.25) is 0 Å². The fourth-order valence-corrected chi connectivity index (χ4v) is 6.65. The van der Waals surface area contributed by atoms with Gasteiger partial charge in [-0.05, 0) is 44.9 Å². The quantitative estimate of drug-likeness (QED) is 0.0390. The van der Waals surface area contributed by atoms with Crippen molar-refractivity contribution in [3.8, 4) is 0 Å². The molecule has 0 heterocycles. The number of carbonyl (C=O) groups excluding carboxylic acids is 1. The van der Waals surface area contributed by atoms with E-state index in [1.54, 1.807) is 0 Å². The zero-order valence-electron chi connectivity index (χ0n) is 33.9. The number of ether oxygens (including phenoxy) is 2. The van der Waals surface area contributed by atoms with Gasteiger partial charge in [0.05, 0.1) is 13.2 Å². The molecule has 0 fully saturated rings. The number of carbonyl (C=O) groups is 1. The monoisotopic (exact) mass is 705 g/mol. The van der Waals surface area contributed by atoms with Gasteiger partial charge in [-0.15, -0.1) is 0 Å². The number of allylic oxidation sites excluding steroid dienone is 4. The van der Waals surface area contributed by atoms with Crippen LogP contribution >= 0.6 is 0 Å². The number of aliphatic hydroxyl groups excluding tert-OH is 1. The third kappa shape index (κ3) is 41.3. The lowest BCUT2D eigenvalue weighted by atomic mass is 10.0. The van der Waals surface area contributed by atoms with Gasteiger partial charge in [-0.25, -0.2) is 0 Å². The highest BCUT2D eigenvalue weighted by Crippen LogP contribution is 2.15. The van der Waals surface area contributed by atoms with E-state index in [-0.39, 0.29) is 12.6 Å². The van der Waals surface area contributed by atoms with Crippen LogP contribution in [0.2, 0.25) is 0 Å². The number of aliphatic hydroxyl groups is 1. The molecule has 0 saturated carbocycles. The second kappa shape index (κ2) is 44.0. The molecule has 0 rings (SSSR count). The van der Waals surface area contributed by atoms with E-state index in [2.05, 4.69) is 38.2 Å². The van der Waals surface area contributed by atoms with Gasteiger partial charge in [0.15, 0.2) is 0 Å². The molecule has 1 unspecified atom stereocenters. The van der Waals surface area contributed by atoms with Crippen LogP contribution in [0.5, 0.6) is 0 Å². The van der Waals surface area contributed by atoms with E-state index in [9.17, 15) is 9.90 Å². The van der Waals surface area contributed by atoms with Crippen molar-refractivity contribution < 1.29 is 19.4 Å². The molecule has 4 nitrogen and oxygen atoms in total. The maximum Gasteiger partial charge on any atom is 0.306 e. The molecule has 0 aliphatic rings. The van der Waals surface area contributed by atoms with Crippen LogP contribution in [0.4, 0.5) is 0 Å². The largest absolute Gasteiger partial charge is 0.457 e. The van der Waals surface area contributed by atoms with E-state index in [4.69, 9.17) is 9.47 Å². The smallest absolute Gasteiger partial charge is 0.306 e. The zero-order valence-corrected chi connectivity index (χ0v) is 33.9. The van der Waals surface area contributed by atoms with Crippen molar-refractivity contribution in [3.05, 3.63) is 24.3 Å². The van der Waals surface area contributed by atoms with Gasteiger partial charge in [-0.3, -0.25) is 4.79 Å². The highest BCUT2D eigenvalue weighted by Gasteiger charge is 2.13. The standard InChI is InChI=1S/C46H88O4/c1-3-5-7-9-11-13-15-17-18-19-20-21-22-23-24-25-26-27-28-29-31-33-35-37-39-41-46(48)50-45(43-47)44-49-42-40-38-36-34-32-30-16-14-12-10-8-6-4-2/h15,17,19-20,45,47H,3-14,16,18,21-44H2,1-2H3/b17-15-,20-19-. The molecular weight excluding hydrogens is 617 g/mol. The van der Waals surface area contributed by atoms with E-state index in [0.29, 0.717) is 19.6 Å². The minimum absolute atomic E-state index is 0.167. The molecule has 0 radical (unpaired) electrons. The van der Waals surface area contributed by atoms with Crippen LogP contribution < -0.4 is 0 Å².